The number of esters is 1. The molecule has 5 unspecified atom stereocenters. The van der Waals surface area contributed by atoms with Crippen molar-refractivity contribution in [1.82, 2.24) is 0 Å². The van der Waals surface area contributed by atoms with Crippen LogP contribution in [0.2, 0.25) is 0 Å². The molecule has 3 aliphatic rings. The van der Waals surface area contributed by atoms with E-state index in [4.69, 9.17) is 14.2 Å². The Morgan fingerprint density at radius 3 is 3.05 bits per heavy atom. The van der Waals surface area contributed by atoms with Gasteiger partial charge in [0.15, 0.2) is 0 Å². The summed E-state index contributed by atoms with van der Waals surface area (Å²) in [6.45, 7) is 7.39. The van der Waals surface area contributed by atoms with Crippen LogP contribution in [-0.4, -0.2) is 37.0 Å². The second-order valence-electron chi connectivity index (χ2n) is 6.81. The molecule has 0 N–H and O–H groups in total. The first-order chi connectivity index (χ1) is 10.0. The molecule has 1 aliphatic carbocycles. The minimum absolute atomic E-state index is 0.0740. The number of carbonyl (C=O) groups is 1. The molecule has 2 heterocycles. The van der Waals surface area contributed by atoms with Crippen molar-refractivity contribution in [2.45, 2.75) is 64.3 Å². The molecule has 4 heteroatoms. The Morgan fingerprint density at radius 2 is 2.29 bits per heavy atom. The van der Waals surface area contributed by atoms with Crippen molar-refractivity contribution < 1.29 is 19.0 Å². The number of ether oxygens (including phenoxy) is 3. The molecule has 118 valence electrons. The third-order valence-electron chi connectivity index (χ3n) is 5.24. The zero-order chi connectivity index (χ0) is 15.0. The highest BCUT2D eigenvalue weighted by atomic mass is 16.6. The minimum Gasteiger partial charge on any atom is -0.459 e. The van der Waals surface area contributed by atoms with Gasteiger partial charge in [0, 0.05) is 12.5 Å². The molecule has 0 aromatic carbocycles. The van der Waals surface area contributed by atoms with Crippen LogP contribution in [0.5, 0.6) is 0 Å². The highest BCUT2D eigenvalue weighted by Crippen LogP contribution is 2.50. The van der Waals surface area contributed by atoms with E-state index in [9.17, 15) is 4.79 Å². The van der Waals surface area contributed by atoms with Crippen LogP contribution >= 0.6 is 0 Å². The largest absolute Gasteiger partial charge is 0.459 e. The van der Waals surface area contributed by atoms with E-state index in [0.29, 0.717) is 13.2 Å². The van der Waals surface area contributed by atoms with Gasteiger partial charge in [-0.25, -0.2) is 0 Å². The fourth-order valence-corrected chi connectivity index (χ4v) is 3.77. The lowest BCUT2D eigenvalue weighted by molar-refractivity contribution is -0.146. The van der Waals surface area contributed by atoms with Crippen LogP contribution in [0.25, 0.3) is 0 Å². The maximum absolute atomic E-state index is 12.2. The van der Waals surface area contributed by atoms with Crippen LogP contribution in [0.1, 0.15) is 46.5 Å². The summed E-state index contributed by atoms with van der Waals surface area (Å²) in [6, 6.07) is 0. The van der Waals surface area contributed by atoms with Gasteiger partial charge in [0.25, 0.3) is 0 Å². The van der Waals surface area contributed by atoms with Crippen molar-refractivity contribution in [1.29, 1.82) is 0 Å². The van der Waals surface area contributed by atoms with Gasteiger partial charge in [-0.05, 0) is 46.5 Å². The Bertz CT molecular complexity index is 444. The summed E-state index contributed by atoms with van der Waals surface area (Å²) in [4.78, 5) is 12.2. The van der Waals surface area contributed by atoms with E-state index in [1.165, 1.54) is 5.57 Å². The highest BCUT2D eigenvalue weighted by molar-refractivity contribution is 5.75. The predicted molar refractivity (Wildman–Crippen MR) is 78.9 cm³/mol. The molecule has 4 nitrogen and oxygen atoms in total. The zero-order valence-corrected chi connectivity index (χ0v) is 13.3. The number of epoxide rings is 1. The zero-order valence-electron chi connectivity index (χ0n) is 13.3. The molecule has 0 spiro atoms. The number of carbonyl (C=O) groups excluding carboxylic acids is 1. The molecule has 5 atom stereocenters. The molecule has 0 radical (unpaired) electrons. The summed E-state index contributed by atoms with van der Waals surface area (Å²) in [6.07, 6.45) is 6.37. The molecular weight excluding hydrogens is 268 g/mol. The minimum atomic E-state index is -0.129. The first-order valence-corrected chi connectivity index (χ1v) is 8.17. The number of rotatable bonds is 3. The van der Waals surface area contributed by atoms with Crippen LogP contribution in [0.3, 0.4) is 0 Å². The van der Waals surface area contributed by atoms with Crippen molar-refractivity contribution >= 4 is 5.97 Å². The van der Waals surface area contributed by atoms with Gasteiger partial charge in [0.1, 0.15) is 12.2 Å². The fourth-order valence-electron chi connectivity index (χ4n) is 3.77. The first-order valence-electron chi connectivity index (χ1n) is 8.17. The van der Waals surface area contributed by atoms with Gasteiger partial charge in [-0.3, -0.25) is 4.79 Å². The van der Waals surface area contributed by atoms with Crippen molar-refractivity contribution in [3.63, 3.8) is 0 Å². The molecule has 21 heavy (non-hydrogen) atoms. The van der Waals surface area contributed by atoms with Gasteiger partial charge in [-0.1, -0.05) is 11.6 Å². The monoisotopic (exact) mass is 294 g/mol. The number of fused-ring (bicyclic) bond motifs is 3. The van der Waals surface area contributed by atoms with Crippen molar-refractivity contribution in [2.24, 2.45) is 11.8 Å². The van der Waals surface area contributed by atoms with Gasteiger partial charge in [0.2, 0.25) is 0 Å². The standard InChI is InChI=1S/C17H26O4/c1-4-19-10-13-12-8-7-11(2)6-5-9-17(3)15(21-17)14(12)20-16(13)18/h6,12-15H,4-5,7-10H2,1-3H3. The van der Waals surface area contributed by atoms with E-state index < -0.39 is 0 Å². The Balaban J connectivity index is 1.80. The van der Waals surface area contributed by atoms with Crippen molar-refractivity contribution in [2.75, 3.05) is 13.2 Å². The number of hydrogen-bond acceptors (Lipinski definition) is 4. The lowest BCUT2D eigenvalue weighted by atomic mass is 9.81. The smallest absolute Gasteiger partial charge is 0.312 e. The van der Waals surface area contributed by atoms with E-state index in [-0.39, 0.29) is 35.6 Å². The summed E-state index contributed by atoms with van der Waals surface area (Å²) in [5.41, 5.74) is 1.30. The van der Waals surface area contributed by atoms with E-state index in [0.717, 1.165) is 25.7 Å². The van der Waals surface area contributed by atoms with Crippen molar-refractivity contribution in [3.8, 4) is 0 Å². The number of hydrogen-bond donors (Lipinski definition) is 0. The van der Waals surface area contributed by atoms with Gasteiger partial charge >= 0.3 is 5.97 Å². The molecule has 0 bridgehead atoms. The van der Waals surface area contributed by atoms with Gasteiger partial charge in [-0.2, -0.15) is 0 Å². The predicted octanol–water partition coefficient (Wildman–Crippen LogP) is 2.86. The summed E-state index contributed by atoms with van der Waals surface area (Å²) < 4.78 is 17.1. The lowest BCUT2D eigenvalue weighted by Crippen LogP contribution is -2.31. The Hall–Kier alpha value is -0.870. The van der Waals surface area contributed by atoms with Crippen LogP contribution < -0.4 is 0 Å². The van der Waals surface area contributed by atoms with Crippen molar-refractivity contribution in [3.05, 3.63) is 11.6 Å². The van der Waals surface area contributed by atoms with E-state index in [2.05, 4.69) is 19.9 Å². The third-order valence-corrected chi connectivity index (χ3v) is 5.24. The Labute approximate surface area is 126 Å². The molecule has 3 rings (SSSR count). The van der Waals surface area contributed by atoms with Gasteiger partial charge < -0.3 is 14.2 Å². The summed E-state index contributed by atoms with van der Waals surface area (Å²) >= 11 is 0. The molecule has 0 amide bonds. The third kappa shape index (κ3) is 2.88. The highest BCUT2D eigenvalue weighted by Gasteiger charge is 2.62. The molecular formula is C17H26O4. The quantitative estimate of drug-likeness (QED) is 0.456. The summed E-state index contributed by atoms with van der Waals surface area (Å²) in [5, 5.41) is 0. The van der Waals surface area contributed by atoms with Gasteiger partial charge in [0.05, 0.1) is 18.1 Å². The molecule has 0 saturated carbocycles. The van der Waals surface area contributed by atoms with E-state index in [1.54, 1.807) is 0 Å². The lowest BCUT2D eigenvalue weighted by Gasteiger charge is -2.22. The topological polar surface area (TPSA) is 48.1 Å². The average Bonchev–Trinajstić information content (AvgIpc) is 3.00. The Morgan fingerprint density at radius 1 is 1.48 bits per heavy atom. The van der Waals surface area contributed by atoms with Crippen LogP contribution in [-0.2, 0) is 19.0 Å². The first kappa shape index (κ1) is 15.0. The second kappa shape index (κ2) is 5.73. The Kier molecular flexibility index (Phi) is 4.10. The number of allylic oxidation sites excluding steroid dienone is 2. The average molecular weight is 294 g/mol. The SMILES string of the molecule is CCOCC1C(=O)OC2C1CCC(C)=CCCC1(C)OC21. The normalized spacial score (nSPS) is 42.6. The fraction of sp³-hybridized carbons (Fsp3) is 0.824. The maximum Gasteiger partial charge on any atom is 0.312 e. The summed E-state index contributed by atoms with van der Waals surface area (Å²) in [7, 11) is 0. The molecule has 0 aromatic heterocycles. The van der Waals surface area contributed by atoms with E-state index >= 15 is 0 Å². The second-order valence-corrected chi connectivity index (χ2v) is 6.81. The van der Waals surface area contributed by atoms with E-state index in [1.807, 2.05) is 6.92 Å². The molecule has 2 saturated heterocycles. The maximum atomic E-state index is 12.2. The summed E-state index contributed by atoms with van der Waals surface area (Å²) in [5.74, 6) is -0.00914. The van der Waals surface area contributed by atoms with Crippen LogP contribution in [0.4, 0.5) is 0 Å². The van der Waals surface area contributed by atoms with Crippen LogP contribution in [0, 0.1) is 11.8 Å². The molecule has 2 fully saturated rings. The molecule has 2 aliphatic heterocycles. The van der Waals surface area contributed by atoms with Gasteiger partial charge in [-0.15, -0.1) is 0 Å². The van der Waals surface area contributed by atoms with Crippen LogP contribution in [0.15, 0.2) is 11.6 Å². The molecule has 0 aromatic rings.